The lowest BCUT2D eigenvalue weighted by atomic mass is 9.92. The van der Waals surface area contributed by atoms with E-state index < -0.39 is 0 Å². The number of carbonyl (C=O) groups is 1. The van der Waals surface area contributed by atoms with E-state index >= 15 is 0 Å². The van der Waals surface area contributed by atoms with E-state index in [2.05, 4.69) is 18.0 Å². The number of nitrogens with two attached hydrogens (primary N) is 2. The van der Waals surface area contributed by atoms with E-state index in [0.717, 1.165) is 38.5 Å². The Morgan fingerprint density at radius 2 is 2.10 bits per heavy atom. The normalized spacial score (nSPS) is 19.1. The molecular formula is C16H29N3O. The van der Waals surface area contributed by atoms with Crippen molar-refractivity contribution in [3.63, 3.8) is 0 Å². The summed E-state index contributed by atoms with van der Waals surface area (Å²) in [4.78, 5) is 15.9. The van der Waals surface area contributed by atoms with E-state index in [1.807, 2.05) is 0 Å². The standard InChI is InChI=1S/C16H29N3O/c1-13-6-5-7-14(10-9-13)12-15(20)8-3-2-4-11-19-16(17)18/h6,14H,2-5,7-12H2,1H3,(H4,17,18,19). The highest BCUT2D eigenvalue weighted by molar-refractivity contribution is 5.78. The van der Waals surface area contributed by atoms with Crippen LogP contribution in [0, 0.1) is 5.92 Å². The molecule has 1 aliphatic carbocycles. The zero-order chi connectivity index (χ0) is 14.8. The van der Waals surface area contributed by atoms with Crippen LogP contribution in [0.1, 0.15) is 64.7 Å². The van der Waals surface area contributed by atoms with Gasteiger partial charge in [-0.05, 0) is 51.4 Å². The number of hydrogen-bond acceptors (Lipinski definition) is 2. The number of hydrogen-bond donors (Lipinski definition) is 2. The van der Waals surface area contributed by atoms with Gasteiger partial charge in [-0.3, -0.25) is 9.79 Å². The monoisotopic (exact) mass is 279 g/mol. The molecule has 1 aliphatic rings. The van der Waals surface area contributed by atoms with Gasteiger partial charge in [-0.25, -0.2) is 0 Å². The van der Waals surface area contributed by atoms with Crippen LogP contribution in [0.15, 0.2) is 16.6 Å². The summed E-state index contributed by atoms with van der Waals surface area (Å²) in [5, 5.41) is 0. The lowest BCUT2D eigenvalue weighted by Gasteiger charge is -2.12. The highest BCUT2D eigenvalue weighted by Gasteiger charge is 2.15. The van der Waals surface area contributed by atoms with Crippen molar-refractivity contribution < 1.29 is 4.79 Å². The summed E-state index contributed by atoms with van der Waals surface area (Å²) >= 11 is 0. The second-order valence-corrected chi connectivity index (χ2v) is 5.89. The van der Waals surface area contributed by atoms with Crippen molar-refractivity contribution in [2.45, 2.75) is 64.7 Å². The van der Waals surface area contributed by atoms with Crippen LogP contribution in [0.4, 0.5) is 0 Å². The van der Waals surface area contributed by atoms with Gasteiger partial charge in [-0.1, -0.05) is 18.1 Å². The Morgan fingerprint density at radius 1 is 1.30 bits per heavy atom. The molecule has 0 amide bonds. The van der Waals surface area contributed by atoms with Crippen LogP contribution in [-0.4, -0.2) is 18.3 Å². The Kier molecular flexibility index (Phi) is 8.00. The smallest absolute Gasteiger partial charge is 0.185 e. The largest absolute Gasteiger partial charge is 0.370 e. The van der Waals surface area contributed by atoms with Crippen molar-refractivity contribution >= 4 is 11.7 Å². The first-order valence-electron chi connectivity index (χ1n) is 7.80. The molecule has 4 N–H and O–H groups in total. The molecule has 1 unspecified atom stereocenters. The molecule has 0 fully saturated rings. The maximum Gasteiger partial charge on any atom is 0.185 e. The molecule has 0 aromatic heterocycles. The average molecular weight is 279 g/mol. The fourth-order valence-electron chi connectivity index (χ4n) is 2.69. The molecule has 0 aromatic carbocycles. The van der Waals surface area contributed by atoms with Gasteiger partial charge >= 0.3 is 0 Å². The number of carbonyl (C=O) groups excluding carboxylic acids is 1. The Hall–Kier alpha value is -1.32. The lowest BCUT2D eigenvalue weighted by Crippen LogP contribution is -2.22. The summed E-state index contributed by atoms with van der Waals surface area (Å²) in [7, 11) is 0. The van der Waals surface area contributed by atoms with E-state index in [-0.39, 0.29) is 5.96 Å². The first-order valence-corrected chi connectivity index (χ1v) is 7.80. The summed E-state index contributed by atoms with van der Waals surface area (Å²) in [5.74, 6) is 1.17. The summed E-state index contributed by atoms with van der Waals surface area (Å²) in [6, 6.07) is 0. The fourth-order valence-corrected chi connectivity index (χ4v) is 2.69. The highest BCUT2D eigenvalue weighted by atomic mass is 16.1. The Labute approximate surface area is 122 Å². The van der Waals surface area contributed by atoms with Gasteiger partial charge in [0.25, 0.3) is 0 Å². The van der Waals surface area contributed by atoms with Gasteiger partial charge in [0.1, 0.15) is 5.78 Å². The minimum absolute atomic E-state index is 0.151. The number of guanidine groups is 1. The van der Waals surface area contributed by atoms with E-state index in [4.69, 9.17) is 11.5 Å². The first kappa shape index (κ1) is 16.7. The van der Waals surface area contributed by atoms with Crippen LogP contribution in [0.3, 0.4) is 0 Å². The second kappa shape index (κ2) is 9.56. The maximum atomic E-state index is 12.0. The Balaban J connectivity index is 2.07. The number of ketones is 1. The molecule has 114 valence electrons. The quantitative estimate of drug-likeness (QED) is 0.310. The average Bonchev–Trinajstić information content (AvgIpc) is 2.58. The van der Waals surface area contributed by atoms with Gasteiger partial charge in [0.05, 0.1) is 0 Å². The molecule has 0 bridgehead atoms. The minimum Gasteiger partial charge on any atom is -0.370 e. The van der Waals surface area contributed by atoms with Crippen molar-refractivity contribution in [1.29, 1.82) is 0 Å². The zero-order valence-electron chi connectivity index (χ0n) is 12.7. The third-order valence-corrected chi connectivity index (χ3v) is 3.94. The number of Topliss-reactive ketones (excluding diaryl/α,β-unsaturated/α-hetero) is 1. The summed E-state index contributed by atoms with van der Waals surface area (Å²) in [6.45, 7) is 2.87. The third-order valence-electron chi connectivity index (χ3n) is 3.94. The lowest BCUT2D eigenvalue weighted by molar-refractivity contribution is -0.120. The second-order valence-electron chi connectivity index (χ2n) is 5.89. The van der Waals surface area contributed by atoms with Crippen LogP contribution in [0.25, 0.3) is 0 Å². The number of rotatable bonds is 8. The van der Waals surface area contributed by atoms with Gasteiger partial charge in [0.15, 0.2) is 5.96 Å². The van der Waals surface area contributed by atoms with Crippen molar-refractivity contribution in [3.05, 3.63) is 11.6 Å². The molecule has 0 aliphatic heterocycles. The number of unbranched alkanes of at least 4 members (excludes halogenated alkanes) is 2. The predicted octanol–water partition coefficient (Wildman–Crippen LogP) is 2.92. The molecule has 1 atom stereocenters. The molecule has 0 spiro atoms. The number of allylic oxidation sites excluding steroid dienone is 2. The van der Waals surface area contributed by atoms with Gasteiger partial charge in [-0.2, -0.15) is 0 Å². The van der Waals surface area contributed by atoms with Gasteiger partial charge < -0.3 is 11.5 Å². The number of nitrogens with zero attached hydrogens (tertiary/aromatic N) is 1. The molecule has 0 heterocycles. The van der Waals surface area contributed by atoms with Gasteiger partial charge in [-0.15, -0.1) is 0 Å². The Morgan fingerprint density at radius 3 is 2.85 bits per heavy atom. The van der Waals surface area contributed by atoms with E-state index in [1.54, 1.807) is 0 Å². The molecule has 0 saturated carbocycles. The van der Waals surface area contributed by atoms with Crippen molar-refractivity contribution in [2.75, 3.05) is 6.54 Å². The Bertz CT molecular complexity index is 357. The van der Waals surface area contributed by atoms with Gasteiger partial charge in [0.2, 0.25) is 0 Å². The third kappa shape index (κ3) is 7.97. The molecule has 4 heteroatoms. The molecule has 0 radical (unpaired) electrons. The van der Waals surface area contributed by atoms with Crippen molar-refractivity contribution in [1.82, 2.24) is 0 Å². The highest BCUT2D eigenvalue weighted by Crippen LogP contribution is 2.26. The van der Waals surface area contributed by atoms with Crippen molar-refractivity contribution in [3.8, 4) is 0 Å². The van der Waals surface area contributed by atoms with Crippen molar-refractivity contribution in [2.24, 2.45) is 22.4 Å². The molecular weight excluding hydrogens is 250 g/mol. The molecule has 1 rings (SSSR count). The molecule has 20 heavy (non-hydrogen) atoms. The molecule has 0 aromatic rings. The molecule has 0 saturated heterocycles. The van der Waals surface area contributed by atoms with Crippen LogP contribution in [-0.2, 0) is 4.79 Å². The first-order chi connectivity index (χ1) is 9.58. The maximum absolute atomic E-state index is 12.0. The predicted molar refractivity (Wildman–Crippen MR) is 84.5 cm³/mol. The number of aliphatic imine (C=N–C) groups is 1. The summed E-state index contributed by atoms with van der Waals surface area (Å²) in [5.41, 5.74) is 12.0. The summed E-state index contributed by atoms with van der Waals surface area (Å²) < 4.78 is 0. The van der Waals surface area contributed by atoms with E-state index in [0.29, 0.717) is 24.7 Å². The molecule has 4 nitrogen and oxygen atoms in total. The SMILES string of the molecule is CC1=CCCC(CC(=O)CCCCCN=C(N)N)CC1. The fraction of sp³-hybridized carbons (Fsp3) is 0.750. The van der Waals surface area contributed by atoms with Crippen LogP contribution in [0.5, 0.6) is 0 Å². The van der Waals surface area contributed by atoms with Crippen LogP contribution >= 0.6 is 0 Å². The van der Waals surface area contributed by atoms with Gasteiger partial charge in [0, 0.05) is 19.4 Å². The topological polar surface area (TPSA) is 81.5 Å². The van der Waals surface area contributed by atoms with E-state index in [1.165, 1.54) is 18.4 Å². The minimum atomic E-state index is 0.151. The van der Waals surface area contributed by atoms with E-state index in [9.17, 15) is 4.79 Å². The summed E-state index contributed by atoms with van der Waals surface area (Å²) in [6.07, 6.45) is 11.4. The zero-order valence-corrected chi connectivity index (χ0v) is 12.7. The van der Waals surface area contributed by atoms with Crippen LogP contribution in [0.2, 0.25) is 0 Å². The van der Waals surface area contributed by atoms with Crippen LogP contribution < -0.4 is 11.5 Å².